The molecule has 0 amide bonds. The van der Waals surface area contributed by atoms with Crippen LogP contribution in [-0.2, 0) is 11.2 Å². The maximum atomic E-state index is 12.8. The number of nitrogens with zero attached hydrogens (tertiary/aromatic N) is 4. The second-order valence-corrected chi connectivity index (χ2v) is 9.89. The van der Waals surface area contributed by atoms with Gasteiger partial charge in [-0.3, -0.25) is 0 Å². The van der Waals surface area contributed by atoms with Gasteiger partial charge in [-0.15, -0.1) is 0 Å². The van der Waals surface area contributed by atoms with Crippen LogP contribution in [0.25, 0.3) is 0 Å². The predicted molar refractivity (Wildman–Crippen MR) is 140 cm³/mol. The molecule has 2 aromatic carbocycles. The molecule has 5 rings (SSSR count). The van der Waals surface area contributed by atoms with E-state index in [-0.39, 0.29) is 17.3 Å². The molecular formula is C29H30N4O5. The minimum Gasteiger partial charge on any atom is -0.481 e. The lowest BCUT2D eigenvalue weighted by Gasteiger charge is -2.41. The Morgan fingerprint density at radius 3 is 2.45 bits per heavy atom. The number of aliphatic imine (C=N–C) groups is 1. The Balaban J connectivity index is 1.83. The smallest absolute Gasteiger partial charge is 0.226 e. The molecular weight excluding hydrogens is 484 g/mol. The van der Waals surface area contributed by atoms with Crippen molar-refractivity contribution in [3.05, 3.63) is 82.9 Å². The molecule has 1 aliphatic carbocycles. The molecule has 3 aromatic rings. The summed E-state index contributed by atoms with van der Waals surface area (Å²) in [5, 5.41) is 33.7. The number of ether oxygens (including phenoxy) is 3. The van der Waals surface area contributed by atoms with Gasteiger partial charge in [-0.2, -0.15) is 15.2 Å². The van der Waals surface area contributed by atoms with Crippen molar-refractivity contribution in [2.24, 2.45) is 10.9 Å². The van der Waals surface area contributed by atoms with Crippen molar-refractivity contribution in [2.45, 2.75) is 23.2 Å². The SMILES string of the molecule is COc1cc2c(c(OC)n1)[C@]1(O)[C@H](O)[C@H](CN(C)C)[C@@H](c3ccccc3)[C@]1(c1ccc(C=NC#N)cc1)O2. The molecule has 0 saturated heterocycles. The Kier molecular flexibility index (Phi) is 6.57. The molecule has 2 N–H and O–H groups in total. The van der Waals surface area contributed by atoms with Gasteiger partial charge < -0.3 is 29.3 Å². The Labute approximate surface area is 221 Å². The van der Waals surface area contributed by atoms with Gasteiger partial charge in [0.2, 0.25) is 18.0 Å². The zero-order valence-electron chi connectivity index (χ0n) is 21.7. The van der Waals surface area contributed by atoms with E-state index in [0.717, 1.165) is 5.56 Å². The number of aliphatic hydroxyl groups is 2. The molecule has 0 unspecified atom stereocenters. The second-order valence-electron chi connectivity index (χ2n) is 9.89. The average molecular weight is 515 g/mol. The van der Waals surface area contributed by atoms with Crippen LogP contribution in [0.2, 0.25) is 0 Å². The van der Waals surface area contributed by atoms with Crippen LogP contribution < -0.4 is 14.2 Å². The van der Waals surface area contributed by atoms with Crippen molar-refractivity contribution in [2.75, 3.05) is 34.9 Å². The lowest BCUT2D eigenvalue weighted by atomic mass is 9.70. The van der Waals surface area contributed by atoms with Crippen LogP contribution in [0.4, 0.5) is 0 Å². The number of nitriles is 1. The highest BCUT2D eigenvalue weighted by Crippen LogP contribution is 2.69. The summed E-state index contributed by atoms with van der Waals surface area (Å²) in [5.41, 5.74) is -0.798. The van der Waals surface area contributed by atoms with Crippen LogP contribution in [0.5, 0.6) is 17.5 Å². The number of fused-ring (bicyclic) bond motifs is 3. The van der Waals surface area contributed by atoms with Gasteiger partial charge in [0.05, 0.1) is 25.9 Å². The van der Waals surface area contributed by atoms with Crippen molar-refractivity contribution in [1.29, 1.82) is 5.26 Å². The van der Waals surface area contributed by atoms with Crippen LogP contribution in [0, 0.1) is 17.4 Å². The van der Waals surface area contributed by atoms with E-state index >= 15 is 0 Å². The van der Waals surface area contributed by atoms with E-state index in [1.807, 2.05) is 73.6 Å². The Hall–Kier alpha value is -3.97. The number of methoxy groups -OCH3 is 2. The number of hydrogen-bond donors (Lipinski definition) is 2. The van der Waals surface area contributed by atoms with E-state index in [1.165, 1.54) is 20.4 Å². The fourth-order valence-electron chi connectivity index (χ4n) is 6.21. The highest BCUT2D eigenvalue weighted by Gasteiger charge is 2.77. The third kappa shape index (κ3) is 3.64. The third-order valence-corrected chi connectivity index (χ3v) is 7.59. The summed E-state index contributed by atoms with van der Waals surface area (Å²) in [7, 11) is 6.82. The van der Waals surface area contributed by atoms with E-state index in [0.29, 0.717) is 23.4 Å². The molecule has 5 atom stereocenters. The lowest BCUT2D eigenvalue weighted by molar-refractivity contribution is -0.152. The first-order valence-electron chi connectivity index (χ1n) is 12.3. The number of benzene rings is 2. The van der Waals surface area contributed by atoms with Crippen LogP contribution in [0.1, 0.15) is 28.2 Å². The largest absolute Gasteiger partial charge is 0.481 e. The minimum atomic E-state index is -1.92. The topological polar surface area (TPSA) is 120 Å². The standard InChI is InChI=1S/C29H30N4O5/c1-33(2)16-21-24(19-8-6-5-7-9-19)29(20-12-10-18(11-13-20)15-31-17-30)28(35,26(21)34)25-22(38-29)14-23(36-3)32-27(25)37-4/h5-15,21,24,26,34-35H,16H2,1-4H3/t21-,24-,26-,28+,29+/m1/s1. The molecule has 2 heterocycles. The number of aliphatic hydroxyl groups excluding tert-OH is 1. The summed E-state index contributed by atoms with van der Waals surface area (Å²) >= 11 is 0. The molecule has 1 fully saturated rings. The third-order valence-electron chi connectivity index (χ3n) is 7.59. The van der Waals surface area contributed by atoms with Gasteiger partial charge in [-0.25, -0.2) is 0 Å². The van der Waals surface area contributed by atoms with E-state index < -0.39 is 29.1 Å². The average Bonchev–Trinajstić information content (AvgIpc) is 3.30. The summed E-state index contributed by atoms with van der Waals surface area (Å²) in [6.45, 7) is 0.488. The predicted octanol–water partition coefficient (Wildman–Crippen LogP) is 2.81. The van der Waals surface area contributed by atoms with Crippen molar-refractivity contribution in [1.82, 2.24) is 9.88 Å². The number of aromatic nitrogens is 1. The normalized spacial score (nSPS) is 27.6. The fraction of sp³-hybridized carbons (Fsp3) is 0.345. The Morgan fingerprint density at radius 2 is 1.84 bits per heavy atom. The number of rotatable bonds is 7. The summed E-state index contributed by atoms with van der Waals surface area (Å²) in [6.07, 6.45) is 1.98. The zero-order chi connectivity index (χ0) is 27.1. The first-order chi connectivity index (χ1) is 18.3. The van der Waals surface area contributed by atoms with Crippen LogP contribution >= 0.6 is 0 Å². The molecule has 9 nitrogen and oxygen atoms in total. The summed E-state index contributed by atoms with van der Waals surface area (Å²) < 4.78 is 17.8. The maximum Gasteiger partial charge on any atom is 0.226 e. The van der Waals surface area contributed by atoms with Crippen LogP contribution in [0.15, 0.2) is 65.7 Å². The molecule has 0 radical (unpaired) electrons. The van der Waals surface area contributed by atoms with E-state index in [1.54, 1.807) is 12.3 Å². The van der Waals surface area contributed by atoms with E-state index in [9.17, 15) is 10.2 Å². The maximum absolute atomic E-state index is 12.8. The molecule has 0 bridgehead atoms. The number of hydrogen-bond acceptors (Lipinski definition) is 9. The van der Waals surface area contributed by atoms with Crippen LogP contribution in [0.3, 0.4) is 0 Å². The van der Waals surface area contributed by atoms with Crippen molar-refractivity contribution < 1.29 is 24.4 Å². The number of pyridine rings is 1. The molecule has 1 aromatic heterocycles. The molecule has 0 spiro atoms. The van der Waals surface area contributed by atoms with E-state index in [2.05, 4.69) is 9.98 Å². The van der Waals surface area contributed by atoms with Crippen LogP contribution in [-0.4, -0.2) is 67.3 Å². The van der Waals surface area contributed by atoms with Gasteiger partial charge in [0.25, 0.3) is 0 Å². The van der Waals surface area contributed by atoms with Crippen molar-refractivity contribution in [3.8, 4) is 23.7 Å². The highest BCUT2D eigenvalue weighted by atomic mass is 16.5. The van der Waals surface area contributed by atoms with E-state index in [4.69, 9.17) is 19.5 Å². The van der Waals surface area contributed by atoms with Gasteiger partial charge >= 0.3 is 0 Å². The Morgan fingerprint density at radius 1 is 1.13 bits per heavy atom. The second kappa shape index (κ2) is 9.72. The molecule has 38 heavy (non-hydrogen) atoms. The van der Waals surface area contributed by atoms with Crippen molar-refractivity contribution >= 4 is 6.21 Å². The summed E-state index contributed by atoms with van der Waals surface area (Å²) in [5.74, 6) is -0.171. The molecule has 196 valence electrons. The molecule has 9 heteroatoms. The van der Waals surface area contributed by atoms with Gasteiger partial charge in [0, 0.05) is 30.7 Å². The Bertz CT molecular complexity index is 1390. The summed E-state index contributed by atoms with van der Waals surface area (Å²) in [4.78, 5) is 10.1. The van der Waals surface area contributed by atoms with Gasteiger partial charge in [0.15, 0.2) is 11.2 Å². The molecule has 1 aliphatic heterocycles. The van der Waals surface area contributed by atoms with Gasteiger partial charge in [0.1, 0.15) is 5.75 Å². The molecule has 1 saturated carbocycles. The lowest BCUT2D eigenvalue weighted by Crippen LogP contribution is -2.52. The first kappa shape index (κ1) is 25.7. The highest BCUT2D eigenvalue weighted by molar-refractivity contribution is 5.80. The summed E-state index contributed by atoms with van der Waals surface area (Å²) in [6, 6.07) is 18.7. The molecule has 2 aliphatic rings. The quantitative estimate of drug-likeness (QED) is 0.365. The van der Waals surface area contributed by atoms with Gasteiger partial charge in [-0.05, 0) is 30.8 Å². The van der Waals surface area contributed by atoms with Gasteiger partial charge in [-0.1, -0.05) is 54.6 Å². The first-order valence-corrected chi connectivity index (χ1v) is 12.3. The minimum absolute atomic E-state index is 0.123. The zero-order valence-corrected chi connectivity index (χ0v) is 21.7. The van der Waals surface area contributed by atoms with Crippen molar-refractivity contribution in [3.63, 3.8) is 0 Å². The monoisotopic (exact) mass is 514 g/mol. The fourth-order valence-corrected chi connectivity index (χ4v) is 6.21.